The van der Waals surface area contributed by atoms with Crippen molar-refractivity contribution in [3.05, 3.63) is 24.8 Å². The Labute approximate surface area is 107 Å². The summed E-state index contributed by atoms with van der Waals surface area (Å²) >= 11 is 0. The molecule has 1 heterocycles. The maximum absolute atomic E-state index is 5.66. The van der Waals surface area contributed by atoms with Crippen LogP contribution in [0, 0.1) is 0 Å². The van der Waals surface area contributed by atoms with E-state index in [0.29, 0.717) is 12.2 Å². The van der Waals surface area contributed by atoms with Gasteiger partial charge in [-0.3, -0.25) is 0 Å². The fourth-order valence-corrected chi connectivity index (χ4v) is 2.14. The van der Waals surface area contributed by atoms with E-state index >= 15 is 0 Å². The molecule has 1 saturated heterocycles. The summed E-state index contributed by atoms with van der Waals surface area (Å²) in [6.45, 7) is 5.96. The maximum atomic E-state index is 5.66. The Balaban J connectivity index is 1.85. The van der Waals surface area contributed by atoms with Crippen LogP contribution in [0.1, 0.15) is 64.7 Å². The molecule has 2 atom stereocenters. The standard InChI is InChI=1S/C16H28O/c1-3-5-7-9-10-12-14-16-15(17-16)13-11-8-6-4-2/h3,8,11,15-16H,1,4-7,9-10,12-14H2,2H3/b11-8-/t15-,16?/m0/s1. The van der Waals surface area contributed by atoms with E-state index in [1.165, 1.54) is 51.4 Å². The molecule has 1 unspecified atom stereocenters. The van der Waals surface area contributed by atoms with E-state index in [1.807, 2.05) is 6.08 Å². The molecule has 0 bridgehead atoms. The van der Waals surface area contributed by atoms with Gasteiger partial charge in [0.05, 0.1) is 12.2 Å². The third-order valence-corrected chi connectivity index (χ3v) is 3.32. The second-order valence-corrected chi connectivity index (χ2v) is 4.99. The summed E-state index contributed by atoms with van der Waals surface area (Å²) in [7, 11) is 0. The van der Waals surface area contributed by atoms with Crippen molar-refractivity contribution >= 4 is 0 Å². The highest BCUT2D eigenvalue weighted by atomic mass is 16.6. The van der Waals surface area contributed by atoms with Gasteiger partial charge >= 0.3 is 0 Å². The van der Waals surface area contributed by atoms with Crippen molar-refractivity contribution in [2.75, 3.05) is 0 Å². The molecule has 0 amide bonds. The van der Waals surface area contributed by atoms with Gasteiger partial charge in [-0.15, -0.1) is 6.58 Å². The molecule has 0 aliphatic carbocycles. The Hall–Kier alpha value is -0.560. The first-order valence-electron chi connectivity index (χ1n) is 7.29. The maximum Gasteiger partial charge on any atom is 0.0876 e. The lowest BCUT2D eigenvalue weighted by Gasteiger charge is -1.97. The van der Waals surface area contributed by atoms with Crippen LogP contribution in [0.5, 0.6) is 0 Å². The summed E-state index contributed by atoms with van der Waals surface area (Å²) in [6.07, 6.45) is 19.1. The van der Waals surface area contributed by atoms with Gasteiger partial charge < -0.3 is 4.74 Å². The molecule has 0 N–H and O–H groups in total. The molecule has 0 aromatic carbocycles. The molecule has 1 heteroatoms. The highest BCUT2D eigenvalue weighted by molar-refractivity contribution is 4.93. The van der Waals surface area contributed by atoms with Gasteiger partial charge in [-0.2, -0.15) is 0 Å². The molecule has 1 aliphatic heterocycles. The van der Waals surface area contributed by atoms with Crippen molar-refractivity contribution in [1.29, 1.82) is 0 Å². The van der Waals surface area contributed by atoms with Gasteiger partial charge in [0.2, 0.25) is 0 Å². The molecule has 0 spiro atoms. The first-order chi connectivity index (χ1) is 8.38. The van der Waals surface area contributed by atoms with Crippen molar-refractivity contribution < 1.29 is 4.74 Å². The Kier molecular flexibility index (Phi) is 8.08. The number of hydrogen-bond donors (Lipinski definition) is 0. The fraction of sp³-hybridized carbons (Fsp3) is 0.750. The zero-order valence-corrected chi connectivity index (χ0v) is 11.4. The smallest absolute Gasteiger partial charge is 0.0876 e. The number of rotatable bonds is 11. The Morgan fingerprint density at radius 3 is 2.59 bits per heavy atom. The predicted molar refractivity (Wildman–Crippen MR) is 75.2 cm³/mol. The second-order valence-electron chi connectivity index (χ2n) is 4.99. The van der Waals surface area contributed by atoms with Crippen LogP contribution in [0.3, 0.4) is 0 Å². The topological polar surface area (TPSA) is 12.5 Å². The van der Waals surface area contributed by atoms with E-state index in [1.54, 1.807) is 0 Å². The monoisotopic (exact) mass is 236 g/mol. The highest BCUT2D eigenvalue weighted by Gasteiger charge is 2.36. The predicted octanol–water partition coefficient (Wildman–Crippen LogP) is 5.03. The average molecular weight is 236 g/mol. The normalized spacial score (nSPS) is 23.1. The first-order valence-corrected chi connectivity index (χ1v) is 7.29. The molecule has 1 fully saturated rings. The van der Waals surface area contributed by atoms with E-state index in [2.05, 4.69) is 25.7 Å². The van der Waals surface area contributed by atoms with Crippen LogP contribution in [0.2, 0.25) is 0 Å². The average Bonchev–Trinajstić information content (AvgIpc) is 3.08. The summed E-state index contributed by atoms with van der Waals surface area (Å²) < 4.78 is 5.66. The van der Waals surface area contributed by atoms with Gasteiger partial charge in [-0.1, -0.05) is 50.8 Å². The van der Waals surface area contributed by atoms with Crippen LogP contribution in [-0.4, -0.2) is 12.2 Å². The van der Waals surface area contributed by atoms with Crippen LogP contribution < -0.4 is 0 Å². The van der Waals surface area contributed by atoms with Gasteiger partial charge in [0, 0.05) is 0 Å². The summed E-state index contributed by atoms with van der Waals surface area (Å²) in [6, 6.07) is 0. The number of allylic oxidation sites excluding steroid dienone is 2. The van der Waals surface area contributed by atoms with Crippen molar-refractivity contribution in [2.24, 2.45) is 0 Å². The number of epoxide rings is 1. The highest BCUT2D eigenvalue weighted by Crippen LogP contribution is 2.30. The largest absolute Gasteiger partial charge is 0.369 e. The van der Waals surface area contributed by atoms with Crippen LogP contribution >= 0.6 is 0 Å². The third-order valence-electron chi connectivity index (χ3n) is 3.32. The van der Waals surface area contributed by atoms with Crippen molar-refractivity contribution in [2.45, 2.75) is 76.9 Å². The number of unbranched alkanes of at least 4 members (excludes halogenated alkanes) is 5. The molecule has 0 aromatic heterocycles. The zero-order chi connectivity index (χ0) is 12.3. The number of ether oxygens (including phenoxy) is 1. The Morgan fingerprint density at radius 2 is 1.82 bits per heavy atom. The molecule has 17 heavy (non-hydrogen) atoms. The van der Waals surface area contributed by atoms with Gasteiger partial charge in [0.15, 0.2) is 0 Å². The minimum Gasteiger partial charge on any atom is -0.369 e. The van der Waals surface area contributed by atoms with Crippen LogP contribution in [0.25, 0.3) is 0 Å². The summed E-state index contributed by atoms with van der Waals surface area (Å²) in [4.78, 5) is 0. The number of hydrogen-bond acceptors (Lipinski definition) is 1. The van der Waals surface area contributed by atoms with Gasteiger partial charge in [0.25, 0.3) is 0 Å². The lowest BCUT2D eigenvalue weighted by molar-refractivity contribution is 0.358. The van der Waals surface area contributed by atoms with E-state index < -0.39 is 0 Å². The van der Waals surface area contributed by atoms with E-state index in [-0.39, 0.29) is 0 Å². The van der Waals surface area contributed by atoms with Gasteiger partial charge in [0.1, 0.15) is 0 Å². The van der Waals surface area contributed by atoms with Crippen LogP contribution in [-0.2, 0) is 4.74 Å². The van der Waals surface area contributed by atoms with E-state index in [0.717, 1.165) is 6.42 Å². The SMILES string of the molecule is C=CCCCCCCC1O[C@H]1C/C=C\CCC. The van der Waals surface area contributed by atoms with Crippen molar-refractivity contribution in [3.8, 4) is 0 Å². The molecule has 98 valence electrons. The second kappa shape index (κ2) is 9.47. The molecule has 0 saturated carbocycles. The first kappa shape index (κ1) is 14.5. The lowest BCUT2D eigenvalue weighted by atomic mass is 10.1. The molecule has 1 aliphatic rings. The fourth-order valence-electron chi connectivity index (χ4n) is 2.14. The molecule has 1 nitrogen and oxygen atoms in total. The minimum atomic E-state index is 0.538. The molecule has 0 radical (unpaired) electrons. The van der Waals surface area contributed by atoms with E-state index in [9.17, 15) is 0 Å². The molecule has 1 rings (SSSR count). The third kappa shape index (κ3) is 7.38. The van der Waals surface area contributed by atoms with E-state index in [4.69, 9.17) is 4.74 Å². The quantitative estimate of drug-likeness (QED) is 0.278. The summed E-state index contributed by atoms with van der Waals surface area (Å²) in [5, 5.41) is 0. The minimum absolute atomic E-state index is 0.538. The lowest BCUT2D eigenvalue weighted by Crippen LogP contribution is -1.92. The summed E-state index contributed by atoms with van der Waals surface area (Å²) in [5.41, 5.74) is 0. The van der Waals surface area contributed by atoms with Gasteiger partial charge in [-0.25, -0.2) is 0 Å². The van der Waals surface area contributed by atoms with Crippen molar-refractivity contribution in [3.63, 3.8) is 0 Å². The molecular weight excluding hydrogens is 208 g/mol. The summed E-state index contributed by atoms with van der Waals surface area (Å²) in [5.74, 6) is 0. The Bertz CT molecular complexity index is 220. The molecular formula is C16H28O. The zero-order valence-electron chi connectivity index (χ0n) is 11.4. The van der Waals surface area contributed by atoms with Crippen molar-refractivity contribution in [1.82, 2.24) is 0 Å². The Morgan fingerprint density at radius 1 is 1.00 bits per heavy atom. The van der Waals surface area contributed by atoms with Crippen LogP contribution in [0.4, 0.5) is 0 Å². The molecule has 0 aromatic rings. The van der Waals surface area contributed by atoms with Gasteiger partial charge in [-0.05, 0) is 32.1 Å². The van der Waals surface area contributed by atoms with Crippen LogP contribution in [0.15, 0.2) is 24.8 Å².